The number of Topliss-reactive ketones (excluding diaryl/α,β-unsaturated/α-hetero) is 1. The van der Waals surface area contributed by atoms with Gasteiger partial charge in [-0.1, -0.05) is 30.3 Å². The number of hydrogen-bond donors (Lipinski definition) is 1. The van der Waals surface area contributed by atoms with Gasteiger partial charge in [-0.05, 0) is 40.5 Å². The number of hydrogen-bond acceptors (Lipinski definition) is 5. The molecular formula is C19H30O5Si. The van der Waals surface area contributed by atoms with E-state index in [-0.39, 0.29) is 11.5 Å². The second-order valence-corrected chi connectivity index (χ2v) is 8.33. The molecule has 5 nitrogen and oxygen atoms in total. The van der Waals surface area contributed by atoms with Crippen molar-refractivity contribution >= 4 is 14.6 Å². The SMILES string of the molecule is CCO[Si](CCC/C(C(=O)c1ccccc1)=C(\C)O)(OCC)OCC. The van der Waals surface area contributed by atoms with E-state index in [4.69, 9.17) is 13.3 Å². The van der Waals surface area contributed by atoms with Crippen LogP contribution in [0.1, 0.15) is 50.9 Å². The molecule has 0 saturated carbocycles. The molecule has 0 aromatic heterocycles. The Hall–Kier alpha value is -1.47. The number of aliphatic hydroxyl groups is 1. The van der Waals surface area contributed by atoms with E-state index < -0.39 is 8.80 Å². The second kappa shape index (κ2) is 11.2. The first kappa shape index (κ1) is 21.6. The van der Waals surface area contributed by atoms with Gasteiger partial charge in [-0.3, -0.25) is 4.79 Å². The molecule has 0 aliphatic carbocycles. The van der Waals surface area contributed by atoms with Crippen molar-refractivity contribution in [2.24, 2.45) is 0 Å². The number of carbonyl (C=O) groups is 1. The molecule has 0 unspecified atom stereocenters. The van der Waals surface area contributed by atoms with E-state index in [1.54, 1.807) is 19.1 Å². The van der Waals surface area contributed by atoms with Crippen molar-refractivity contribution in [2.45, 2.75) is 46.6 Å². The molecule has 0 bridgehead atoms. The van der Waals surface area contributed by atoms with Gasteiger partial charge < -0.3 is 18.4 Å². The lowest BCUT2D eigenvalue weighted by Gasteiger charge is -2.28. The van der Waals surface area contributed by atoms with Gasteiger partial charge in [0.05, 0.1) is 5.76 Å². The maximum absolute atomic E-state index is 12.6. The van der Waals surface area contributed by atoms with Gasteiger partial charge in [0, 0.05) is 37.0 Å². The molecule has 1 rings (SSSR count). The van der Waals surface area contributed by atoms with Crippen LogP contribution in [0.4, 0.5) is 0 Å². The van der Waals surface area contributed by atoms with E-state index in [9.17, 15) is 9.90 Å². The zero-order chi connectivity index (χ0) is 18.7. The first-order valence-corrected chi connectivity index (χ1v) is 10.8. The van der Waals surface area contributed by atoms with E-state index in [1.165, 1.54) is 0 Å². The van der Waals surface area contributed by atoms with Gasteiger partial charge in [0.15, 0.2) is 5.78 Å². The standard InChI is InChI=1S/C19H30O5Si/c1-5-22-25(23-6-2,24-7-3)15-11-14-18(16(4)20)19(21)17-12-9-8-10-13-17/h8-10,12-13,20H,5-7,11,14-15H2,1-4H3/b18-16-. The minimum Gasteiger partial charge on any atom is -0.512 e. The molecular weight excluding hydrogens is 336 g/mol. The van der Waals surface area contributed by atoms with Gasteiger partial charge in [0.1, 0.15) is 0 Å². The molecule has 25 heavy (non-hydrogen) atoms. The Morgan fingerprint density at radius 2 is 1.52 bits per heavy atom. The van der Waals surface area contributed by atoms with Gasteiger partial charge in [-0.25, -0.2) is 0 Å². The van der Waals surface area contributed by atoms with Gasteiger partial charge >= 0.3 is 8.80 Å². The lowest BCUT2D eigenvalue weighted by molar-refractivity contribution is 0.0706. The Labute approximate surface area is 152 Å². The van der Waals surface area contributed by atoms with E-state index >= 15 is 0 Å². The topological polar surface area (TPSA) is 65.0 Å². The fourth-order valence-corrected chi connectivity index (χ4v) is 5.32. The van der Waals surface area contributed by atoms with Gasteiger partial charge in [-0.2, -0.15) is 0 Å². The van der Waals surface area contributed by atoms with E-state index in [0.717, 1.165) is 0 Å². The summed E-state index contributed by atoms with van der Waals surface area (Å²) in [7, 11) is -2.73. The van der Waals surface area contributed by atoms with Crippen molar-refractivity contribution in [3.05, 3.63) is 47.2 Å². The Balaban J connectivity index is 2.80. The molecule has 0 spiro atoms. The largest absolute Gasteiger partial charge is 0.512 e. The Bertz CT molecular complexity index is 535. The third kappa shape index (κ3) is 6.74. The normalized spacial score (nSPS) is 12.8. The molecule has 0 amide bonds. The van der Waals surface area contributed by atoms with Crippen LogP contribution in [0.3, 0.4) is 0 Å². The molecule has 6 heteroatoms. The summed E-state index contributed by atoms with van der Waals surface area (Å²) >= 11 is 0. The zero-order valence-corrected chi connectivity index (χ0v) is 16.7. The summed E-state index contributed by atoms with van der Waals surface area (Å²) in [6, 6.07) is 9.61. The van der Waals surface area contributed by atoms with Crippen LogP contribution in [0, 0.1) is 0 Å². The minimum atomic E-state index is -2.73. The summed E-state index contributed by atoms with van der Waals surface area (Å²) < 4.78 is 17.5. The van der Waals surface area contributed by atoms with Crippen molar-refractivity contribution in [2.75, 3.05) is 19.8 Å². The highest BCUT2D eigenvalue weighted by Crippen LogP contribution is 2.23. The maximum atomic E-state index is 12.6. The molecule has 0 saturated heterocycles. The Kier molecular flexibility index (Phi) is 9.66. The predicted molar refractivity (Wildman–Crippen MR) is 101 cm³/mol. The molecule has 1 aromatic rings. The highest BCUT2D eigenvalue weighted by molar-refractivity contribution is 6.60. The summed E-state index contributed by atoms with van der Waals surface area (Å²) in [5.41, 5.74) is 1.01. The molecule has 0 aliphatic heterocycles. The average Bonchev–Trinajstić information content (AvgIpc) is 2.59. The van der Waals surface area contributed by atoms with Crippen LogP contribution in [0.5, 0.6) is 0 Å². The molecule has 1 N–H and O–H groups in total. The third-order valence-corrected chi connectivity index (χ3v) is 6.90. The molecule has 0 heterocycles. The molecule has 140 valence electrons. The first-order chi connectivity index (χ1) is 12.0. The van der Waals surface area contributed by atoms with Crippen molar-refractivity contribution in [1.82, 2.24) is 0 Å². The predicted octanol–water partition coefficient (Wildman–Crippen LogP) is 4.53. The monoisotopic (exact) mass is 366 g/mol. The molecule has 1 aromatic carbocycles. The van der Waals surface area contributed by atoms with Crippen molar-refractivity contribution in [1.29, 1.82) is 0 Å². The van der Waals surface area contributed by atoms with Gasteiger partial charge in [0.25, 0.3) is 0 Å². The summed E-state index contributed by atoms with van der Waals surface area (Å²) in [4.78, 5) is 12.6. The summed E-state index contributed by atoms with van der Waals surface area (Å²) in [5.74, 6) is -0.0811. The van der Waals surface area contributed by atoms with Crippen LogP contribution in [0.25, 0.3) is 0 Å². The van der Waals surface area contributed by atoms with E-state index in [1.807, 2.05) is 39.0 Å². The van der Waals surface area contributed by atoms with Gasteiger partial charge in [0.2, 0.25) is 0 Å². The second-order valence-electron chi connectivity index (χ2n) is 5.59. The number of carbonyl (C=O) groups excluding carboxylic acids is 1. The summed E-state index contributed by atoms with van der Waals surface area (Å²) in [6.07, 6.45) is 1.11. The van der Waals surface area contributed by atoms with Gasteiger partial charge in [-0.15, -0.1) is 0 Å². The molecule has 0 fully saturated rings. The number of aliphatic hydroxyl groups excluding tert-OH is 1. The van der Waals surface area contributed by atoms with E-state index in [2.05, 4.69) is 0 Å². The quantitative estimate of drug-likeness (QED) is 0.255. The van der Waals surface area contributed by atoms with Crippen LogP contribution in [0.2, 0.25) is 6.04 Å². The maximum Gasteiger partial charge on any atom is 0.500 e. The molecule has 0 radical (unpaired) electrons. The Morgan fingerprint density at radius 3 is 1.96 bits per heavy atom. The van der Waals surface area contributed by atoms with Crippen molar-refractivity contribution < 1.29 is 23.2 Å². The highest BCUT2D eigenvalue weighted by Gasteiger charge is 2.39. The van der Waals surface area contributed by atoms with Crippen LogP contribution < -0.4 is 0 Å². The minimum absolute atomic E-state index is 0.0605. The Morgan fingerprint density at radius 1 is 1.00 bits per heavy atom. The average molecular weight is 367 g/mol. The first-order valence-electron chi connectivity index (χ1n) is 8.90. The smallest absolute Gasteiger partial charge is 0.500 e. The summed E-state index contributed by atoms with van der Waals surface area (Å²) in [6.45, 7) is 8.88. The zero-order valence-electron chi connectivity index (χ0n) is 15.7. The number of ketones is 1. The molecule has 0 aliphatic rings. The lowest BCUT2D eigenvalue weighted by atomic mass is 9.99. The van der Waals surface area contributed by atoms with Crippen LogP contribution in [-0.2, 0) is 13.3 Å². The lowest BCUT2D eigenvalue weighted by Crippen LogP contribution is -2.45. The number of benzene rings is 1. The molecule has 0 atom stereocenters. The van der Waals surface area contributed by atoms with Crippen LogP contribution in [0.15, 0.2) is 41.7 Å². The van der Waals surface area contributed by atoms with Crippen LogP contribution in [-0.4, -0.2) is 39.5 Å². The summed E-state index contributed by atoms with van der Waals surface area (Å²) in [5, 5.41) is 9.96. The van der Waals surface area contributed by atoms with E-state index in [0.29, 0.717) is 49.8 Å². The fraction of sp³-hybridized carbons (Fsp3) is 0.526. The fourth-order valence-electron chi connectivity index (χ4n) is 2.71. The van der Waals surface area contributed by atoms with Crippen molar-refractivity contribution in [3.8, 4) is 0 Å². The highest BCUT2D eigenvalue weighted by atomic mass is 28.4. The number of allylic oxidation sites excluding steroid dienone is 2. The van der Waals surface area contributed by atoms with Crippen LogP contribution >= 0.6 is 0 Å². The van der Waals surface area contributed by atoms with Crippen molar-refractivity contribution in [3.63, 3.8) is 0 Å². The number of rotatable bonds is 12. The third-order valence-electron chi connectivity index (χ3n) is 3.75.